The molecule has 0 saturated carbocycles. The molecule has 0 bridgehead atoms. The number of carboxylic acids is 1. The molecule has 20 heavy (non-hydrogen) atoms. The third-order valence-corrected chi connectivity index (χ3v) is 3.55. The number of nitrogens with zero attached hydrogens (tertiary/aromatic N) is 3. The maximum absolute atomic E-state index is 11.0. The van der Waals surface area contributed by atoms with Crippen LogP contribution in [-0.4, -0.2) is 25.7 Å². The van der Waals surface area contributed by atoms with Gasteiger partial charge in [0.2, 0.25) is 0 Å². The molecule has 2 heterocycles. The maximum Gasteiger partial charge on any atom is 0.356 e. The van der Waals surface area contributed by atoms with Crippen molar-refractivity contribution < 1.29 is 9.90 Å². The SMILES string of the molecule is Cc1ccc(Br)cc1-c1ccnc2cc(C(=O)O)nn12. The third-order valence-electron chi connectivity index (χ3n) is 3.05. The van der Waals surface area contributed by atoms with Crippen LogP contribution in [0.4, 0.5) is 0 Å². The molecular formula is C14H10BrN3O2. The molecule has 0 amide bonds. The van der Waals surface area contributed by atoms with Crippen LogP contribution in [0.1, 0.15) is 16.1 Å². The van der Waals surface area contributed by atoms with E-state index in [-0.39, 0.29) is 5.69 Å². The first kappa shape index (κ1) is 12.8. The second-order valence-electron chi connectivity index (χ2n) is 4.39. The van der Waals surface area contributed by atoms with Gasteiger partial charge in [-0.3, -0.25) is 0 Å². The van der Waals surface area contributed by atoms with Crippen LogP contribution < -0.4 is 0 Å². The molecule has 0 unspecified atom stereocenters. The van der Waals surface area contributed by atoms with Crippen LogP contribution in [0.5, 0.6) is 0 Å². The minimum absolute atomic E-state index is 0.0161. The van der Waals surface area contributed by atoms with E-state index in [2.05, 4.69) is 26.0 Å². The number of carbonyl (C=O) groups is 1. The van der Waals surface area contributed by atoms with Crippen molar-refractivity contribution in [3.8, 4) is 11.3 Å². The van der Waals surface area contributed by atoms with E-state index in [0.717, 1.165) is 21.3 Å². The van der Waals surface area contributed by atoms with Gasteiger partial charge < -0.3 is 5.11 Å². The lowest BCUT2D eigenvalue weighted by atomic mass is 10.1. The van der Waals surface area contributed by atoms with E-state index in [4.69, 9.17) is 5.11 Å². The summed E-state index contributed by atoms with van der Waals surface area (Å²) in [5.41, 5.74) is 3.36. The second kappa shape index (κ2) is 4.72. The number of aryl methyl sites for hydroxylation is 1. The van der Waals surface area contributed by atoms with E-state index in [1.54, 1.807) is 10.7 Å². The van der Waals surface area contributed by atoms with Gasteiger partial charge in [-0.15, -0.1) is 0 Å². The van der Waals surface area contributed by atoms with E-state index >= 15 is 0 Å². The zero-order valence-electron chi connectivity index (χ0n) is 10.5. The van der Waals surface area contributed by atoms with Crippen LogP contribution in [0.15, 0.2) is 41.0 Å². The van der Waals surface area contributed by atoms with E-state index < -0.39 is 5.97 Å². The van der Waals surface area contributed by atoms with Gasteiger partial charge in [-0.1, -0.05) is 22.0 Å². The first-order chi connectivity index (χ1) is 9.56. The van der Waals surface area contributed by atoms with Crippen LogP contribution >= 0.6 is 15.9 Å². The molecule has 0 aliphatic carbocycles. The summed E-state index contributed by atoms with van der Waals surface area (Å²) in [5.74, 6) is -1.06. The number of carboxylic acid groups (broad SMARTS) is 1. The molecule has 1 aromatic carbocycles. The number of hydrogen-bond donors (Lipinski definition) is 1. The summed E-state index contributed by atoms with van der Waals surface area (Å²) in [5, 5.41) is 13.1. The predicted molar refractivity (Wildman–Crippen MR) is 77.8 cm³/mol. The van der Waals surface area contributed by atoms with Crippen LogP contribution in [0.25, 0.3) is 16.9 Å². The summed E-state index contributed by atoms with van der Waals surface area (Å²) < 4.78 is 2.51. The smallest absolute Gasteiger partial charge is 0.356 e. The average Bonchev–Trinajstić information content (AvgIpc) is 2.85. The molecular weight excluding hydrogens is 322 g/mol. The number of rotatable bonds is 2. The van der Waals surface area contributed by atoms with Crippen LogP contribution in [-0.2, 0) is 0 Å². The molecule has 6 heteroatoms. The van der Waals surface area contributed by atoms with Gasteiger partial charge in [-0.05, 0) is 30.7 Å². The van der Waals surface area contributed by atoms with Crippen molar-refractivity contribution in [1.29, 1.82) is 0 Å². The molecule has 0 spiro atoms. The monoisotopic (exact) mass is 331 g/mol. The lowest BCUT2D eigenvalue weighted by Crippen LogP contribution is -2.00. The number of benzene rings is 1. The molecule has 1 N–H and O–H groups in total. The van der Waals surface area contributed by atoms with Crippen LogP contribution in [0.2, 0.25) is 0 Å². The lowest BCUT2D eigenvalue weighted by molar-refractivity contribution is 0.0690. The molecule has 3 rings (SSSR count). The van der Waals surface area contributed by atoms with E-state index in [1.807, 2.05) is 31.2 Å². The zero-order valence-corrected chi connectivity index (χ0v) is 12.1. The highest BCUT2D eigenvalue weighted by molar-refractivity contribution is 9.10. The summed E-state index contributed by atoms with van der Waals surface area (Å²) >= 11 is 3.45. The number of halogens is 1. The lowest BCUT2D eigenvalue weighted by Gasteiger charge is -2.08. The normalized spacial score (nSPS) is 10.9. The Labute approximate surface area is 123 Å². The zero-order chi connectivity index (χ0) is 14.3. The Morgan fingerprint density at radius 3 is 2.85 bits per heavy atom. The summed E-state index contributed by atoms with van der Waals surface area (Å²) in [6.07, 6.45) is 1.65. The third kappa shape index (κ3) is 2.08. The number of fused-ring (bicyclic) bond motifs is 1. The molecule has 0 aliphatic rings. The standard InChI is InChI=1S/C14H10BrN3O2/c1-8-2-3-9(15)6-10(8)12-4-5-16-13-7-11(14(19)20)17-18(12)13/h2-7H,1H3,(H,19,20). The fraction of sp³-hybridized carbons (Fsp3) is 0.0714. The molecule has 0 aliphatic heterocycles. The van der Waals surface area contributed by atoms with Gasteiger partial charge in [-0.25, -0.2) is 14.3 Å². The molecule has 0 fully saturated rings. The Morgan fingerprint density at radius 1 is 1.30 bits per heavy atom. The Morgan fingerprint density at radius 2 is 2.10 bits per heavy atom. The van der Waals surface area contributed by atoms with E-state index in [1.165, 1.54) is 6.07 Å². The Bertz CT molecular complexity index is 826. The van der Waals surface area contributed by atoms with Gasteiger partial charge in [0.1, 0.15) is 0 Å². The topological polar surface area (TPSA) is 67.5 Å². The number of hydrogen-bond acceptors (Lipinski definition) is 3. The van der Waals surface area contributed by atoms with E-state index in [0.29, 0.717) is 5.65 Å². The summed E-state index contributed by atoms with van der Waals surface area (Å²) in [6, 6.07) is 9.21. The molecule has 0 saturated heterocycles. The molecule has 3 aromatic rings. The summed E-state index contributed by atoms with van der Waals surface area (Å²) in [6.45, 7) is 2.00. The molecule has 5 nitrogen and oxygen atoms in total. The largest absolute Gasteiger partial charge is 0.476 e. The Hall–Kier alpha value is -2.21. The van der Waals surface area contributed by atoms with Gasteiger partial charge in [-0.2, -0.15) is 5.10 Å². The highest BCUT2D eigenvalue weighted by Crippen LogP contribution is 2.26. The Balaban J connectivity index is 2.30. The number of aromatic carboxylic acids is 1. The first-order valence-electron chi connectivity index (χ1n) is 5.91. The minimum atomic E-state index is -1.06. The van der Waals surface area contributed by atoms with Gasteiger partial charge >= 0.3 is 5.97 Å². The first-order valence-corrected chi connectivity index (χ1v) is 6.70. The summed E-state index contributed by atoms with van der Waals surface area (Å²) in [7, 11) is 0. The van der Waals surface area contributed by atoms with Crippen molar-refractivity contribution in [2.75, 3.05) is 0 Å². The van der Waals surface area contributed by atoms with Crippen molar-refractivity contribution in [2.45, 2.75) is 6.92 Å². The van der Waals surface area contributed by atoms with Crippen molar-refractivity contribution in [3.63, 3.8) is 0 Å². The molecule has 0 atom stereocenters. The van der Waals surface area contributed by atoms with Gasteiger partial charge in [0.05, 0.1) is 5.69 Å². The van der Waals surface area contributed by atoms with Gasteiger partial charge in [0.15, 0.2) is 11.3 Å². The number of aromatic nitrogens is 3. The predicted octanol–water partition coefficient (Wildman–Crippen LogP) is 3.17. The van der Waals surface area contributed by atoms with Crippen molar-refractivity contribution in [3.05, 3.63) is 52.3 Å². The fourth-order valence-corrected chi connectivity index (χ4v) is 2.43. The van der Waals surface area contributed by atoms with Crippen LogP contribution in [0, 0.1) is 6.92 Å². The fourth-order valence-electron chi connectivity index (χ4n) is 2.07. The van der Waals surface area contributed by atoms with Crippen molar-refractivity contribution in [2.24, 2.45) is 0 Å². The summed E-state index contributed by atoms with van der Waals surface area (Å²) in [4.78, 5) is 15.2. The molecule has 100 valence electrons. The maximum atomic E-state index is 11.0. The Kier molecular flexibility index (Phi) is 3.02. The van der Waals surface area contributed by atoms with Gasteiger partial charge in [0, 0.05) is 22.3 Å². The van der Waals surface area contributed by atoms with E-state index in [9.17, 15) is 4.79 Å². The second-order valence-corrected chi connectivity index (χ2v) is 5.31. The van der Waals surface area contributed by atoms with Crippen molar-refractivity contribution >= 4 is 27.5 Å². The molecule has 0 radical (unpaired) electrons. The van der Waals surface area contributed by atoms with Crippen molar-refractivity contribution in [1.82, 2.24) is 14.6 Å². The average molecular weight is 332 g/mol. The van der Waals surface area contributed by atoms with Crippen LogP contribution in [0.3, 0.4) is 0 Å². The quantitative estimate of drug-likeness (QED) is 0.783. The highest BCUT2D eigenvalue weighted by atomic mass is 79.9. The van der Waals surface area contributed by atoms with Gasteiger partial charge in [0.25, 0.3) is 0 Å². The highest BCUT2D eigenvalue weighted by Gasteiger charge is 2.13. The molecule has 2 aromatic heterocycles. The minimum Gasteiger partial charge on any atom is -0.476 e.